The van der Waals surface area contributed by atoms with Gasteiger partial charge in [-0.2, -0.15) is 0 Å². The van der Waals surface area contributed by atoms with Gasteiger partial charge in [-0.25, -0.2) is 8.78 Å². The van der Waals surface area contributed by atoms with Gasteiger partial charge in [0.2, 0.25) is 0 Å². The molecule has 0 spiro atoms. The lowest BCUT2D eigenvalue weighted by Crippen LogP contribution is -2.23. The third-order valence-electron chi connectivity index (χ3n) is 2.36. The van der Waals surface area contributed by atoms with Gasteiger partial charge in [0.15, 0.2) is 0 Å². The van der Waals surface area contributed by atoms with Crippen molar-refractivity contribution in [2.45, 2.75) is 12.3 Å². The maximum absolute atomic E-state index is 12.5. The molecule has 2 rings (SSSR count). The Morgan fingerprint density at radius 3 is 2.56 bits per heavy atom. The number of hydrogen-bond donors (Lipinski definition) is 1. The lowest BCUT2D eigenvalue weighted by atomic mass is 10.2. The second-order valence-electron chi connectivity index (χ2n) is 2.88. The van der Waals surface area contributed by atoms with Gasteiger partial charge in [0, 0.05) is 18.4 Å². The summed E-state index contributed by atoms with van der Waals surface area (Å²) >= 11 is 0. The van der Waals surface area contributed by atoms with Crippen molar-refractivity contribution >= 4 is 0 Å². The summed E-state index contributed by atoms with van der Waals surface area (Å²) in [7, 11) is 0. The highest BCUT2D eigenvalue weighted by atomic mass is 19.3. The van der Waals surface area contributed by atoms with Crippen LogP contribution in [0, 0.1) is 11.8 Å². The molecule has 0 unspecified atom stereocenters. The van der Waals surface area contributed by atoms with Crippen LogP contribution in [0.4, 0.5) is 8.78 Å². The van der Waals surface area contributed by atoms with Crippen LogP contribution in [0.5, 0.6) is 0 Å². The lowest BCUT2D eigenvalue weighted by Gasteiger charge is -2.05. The van der Waals surface area contributed by atoms with Gasteiger partial charge in [-0.1, -0.05) is 0 Å². The minimum atomic E-state index is -2.32. The predicted octanol–water partition coefficient (Wildman–Crippen LogP) is 0.861. The van der Waals surface area contributed by atoms with Crippen molar-refractivity contribution in [1.29, 1.82) is 0 Å². The highest BCUT2D eigenvalue weighted by molar-refractivity contribution is 5.08. The third-order valence-corrected chi connectivity index (χ3v) is 2.36. The number of halogens is 2. The van der Waals surface area contributed by atoms with E-state index in [0.29, 0.717) is 13.0 Å². The smallest absolute Gasteiger partial charge is 0.255 e. The number of rotatable bonds is 0. The molecule has 0 bridgehead atoms. The Balaban J connectivity index is 2.06. The van der Waals surface area contributed by atoms with Crippen LogP contribution in [0.25, 0.3) is 0 Å². The monoisotopic (exact) mass is 133 g/mol. The standard InChI is InChI=1S/C6H9F2N/c7-6(8)4-1-2-9-3-5(4)6/h4-5,9H,1-3H2/t4-,5-/m0/s1. The highest BCUT2D eigenvalue weighted by Crippen LogP contribution is 2.57. The van der Waals surface area contributed by atoms with Crippen molar-refractivity contribution in [2.24, 2.45) is 11.8 Å². The summed E-state index contributed by atoms with van der Waals surface area (Å²) in [6.07, 6.45) is 0.664. The first-order chi connectivity index (χ1) is 4.23. The van der Waals surface area contributed by atoms with E-state index in [9.17, 15) is 8.78 Å². The summed E-state index contributed by atoms with van der Waals surface area (Å²) < 4.78 is 24.9. The number of nitrogens with one attached hydrogen (secondary N) is 1. The van der Waals surface area contributed by atoms with Crippen LogP contribution in [-0.4, -0.2) is 19.0 Å². The van der Waals surface area contributed by atoms with E-state index in [2.05, 4.69) is 5.32 Å². The maximum atomic E-state index is 12.5. The number of hydrogen-bond acceptors (Lipinski definition) is 1. The fraction of sp³-hybridized carbons (Fsp3) is 1.00. The van der Waals surface area contributed by atoms with Crippen LogP contribution in [0.2, 0.25) is 0 Å². The molecule has 1 aliphatic carbocycles. The molecule has 0 aromatic rings. The van der Waals surface area contributed by atoms with Crippen LogP contribution >= 0.6 is 0 Å². The summed E-state index contributed by atoms with van der Waals surface area (Å²) in [4.78, 5) is 0. The molecule has 1 saturated heterocycles. The summed E-state index contributed by atoms with van der Waals surface area (Å²) in [6.45, 7) is 1.30. The fourth-order valence-electron chi connectivity index (χ4n) is 1.65. The molecular formula is C6H9F2N. The van der Waals surface area contributed by atoms with Crippen LogP contribution in [-0.2, 0) is 0 Å². The number of alkyl halides is 2. The molecule has 0 amide bonds. The minimum absolute atomic E-state index is 0.279. The molecule has 1 aliphatic heterocycles. The van der Waals surface area contributed by atoms with Crippen LogP contribution in [0.3, 0.4) is 0 Å². The van der Waals surface area contributed by atoms with E-state index in [1.807, 2.05) is 0 Å². The Labute approximate surface area is 52.4 Å². The molecule has 1 N–H and O–H groups in total. The van der Waals surface area contributed by atoms with Crippen molar-refractivity contribution in [3.63, 3.8) is 0 Å². The average molecular weight is 133 g/mol. The second kappa shape index (κ2) is 1.45. The van der Waals surface area contributed by atoms with E-state index < -0.39 is 5.92 Å². The molecule has 1 nitrogen and oxygen atoms in total. The van der Waals surface area contributed by atoms with Gasteiger partial charge in [-0.15, -0.1) is 0 Å². The molecule has 2 aliphatic rings. The summed E-state index contributed by atoms with van der Waals surface area (Å²) in [6, 6.07) is 0. The van der Waals surface area contributed by atoms with Crippen LogP contribution < -0.4 is 5.32 Å². The molecule has 2 fully saturated rings. The van der Waals surface area contributed by atoms with Gasteiger partial charge in [0.25, 0.3) is 5.92 Å². The first-order valence-electron chi connectivity index (χ1n) is 3.31. The largest absolute Gasteiger partial charge is 0.316 e. The molecule has 0 radical (unpaired) electrons. The SMILES string of the molecule is FC1(F)[C@H]2CCNC[C@@H]21. The molecule has 1 saturated carbocycles. The topological polar surface area (TPSA) is 12.0 Å². The van der Waals surface area contributed by atoms with Crippen molar-refractivity contribution in [3.05, 3.63) is 0 Å². The maximum Gasteiger partial charge on any atom is 0.255 e. The minimum Gasteiger partial charge on any atom is -0.316 e. The zero-order valence-electron chi connectivity index (χ0n) is 5.03. The molecule has 52 valence electrons. The van der Waals surface area contributed by atoms with Gasteiger partial charge in [0.05, 0.1) is 0 Å². The molecule has 3 heteroatoms. The Kier molecular flexibility index (Phi) is 0.903. The van der Waals surface area contributed by atoms with Gasteiger partial charge in [-0.3, -0.25) is 0 Å². The zero-order chi connectivity index (χ0) is 6.48. The van der Waals surface area contributed by atoms with E-state index in [0.717, 1.165) is 6.54 Å². The Morgan fingerprint density at radius 1 is 1.33 bits per heavy atom. The van der Waals surface area contributed by atoms with Crippen molar-refractivity contribution in [2.75, 3.05) is 13.1 Å². The predicted molar refractivity (Wildman–Crippen MR) is 29.4 cm³/mol. The van der Waals surface area contributed by atoms with E-state index in [1.165, 1.54) is 0 Å². The van der Waals surface area contributed by atoms with Crippen molar-refractivity contribution < 1.29 is 8.78 Å². The first kappa shape index (κ1) is 5.59. The van der Waals surface area contributed by atoms with E-state index in [4.69, 9.17) is 0 Å². The summed E-state index contributed by atoms with van der Waals surface area (Å²) in [5, 5.41) is 2.95. The molecule has 0 aromatic heterocycles. The lowest BCUT2D eigenvalue weighted by molar-refractivity contribution is 0.0868. The average Bonchev–Trinajstić information content (AvgIpc) is 2.39. The number of fused-ring (bicyclic) bond motifs is 1. The van der Waals surface area contributed by atoms with Gasteiger partial charge in [0.1, 0.15) is 0 Å². The quantitative estimate of drug-likeness (QED) is 0.516. The summed E-state index contributed by atoms with van der Waals surface area (Å²) in [5.41, 5.74) is 0. The summed E-state index contributed by atoms with van der Waals surface area (Å²) in [5.74, 6) is -2.92. The molecular weight excluding hydrogens is 124 g/mol. The highest BCUT2D eigenvalue weighted by Gasteiger charge is 2.67. The van der Waals surface area contributed by atoms with E-state index in [-0.39, 0.29) is 11.8 Å². The van der Waals surface area contributed by atoms with Gasteiger partial charge < -0.3 is 5.32 Å². The van der Waals surface area contributed by atoms with E-state index >= 15 is 0 Å². The number of piperidine rings is 1. The zero-order valence-corrected chi connectivity index (χ0v) is 5.03. The van der Waals surface area contributed by atoms with Crippen LogP contribution in [0.15, 0.2) is 0 Å². The van der Waals surface area contributed by atoms with Crippen LogP contribution in [0.1, 0.15) is 6.42 Å². The Bertz CT molecular complexity index is 121. The van der Waals surface area contributed by atoms with E-state index in [1.54, 1.807) is 0 Å². The van der Waals surface area contributed by atoms with Gasteiger partial charge in [-0.05, 0) is 13.0 Å². The fourth-order valence-corrected chi connectivity index (χ4v) is 1.65. The first-order valence-corrected chi connectivity index (χ1v) is 3.31. The van der Waals surface area contributed by atoms with Crippen molar-refractivity contribution in [3.8, 4) is 0 Å². The Hall–Kier alpha value is -0.180. The molecule has 0 aromatic carbocycles. The van der Waals surface area contributed by atoms with Gasteiger partial charge >= 0.3 is 0 Å². The molecule has 2 atom stereocenters. The third kappa shape index (κ3) is 0.611. The molecule has 1 heterocycles. The normalized spacial score (nSPS) is 46.0. The van der Waals surface area contributed by atoms with Crippen molar-refractivity contribution in [1.82, 2.24) is 5.32 Å². The second-order valence-corrected chi connectivity index (χ2v) is 2.88. The Morgan fingerprint density at radius 2 is 2.11 bits per heavy atom. The molecule has 9 heavy (non-hydrogen) atoms.